The predicted molar refractivity (Wildman–Crippen MR) is 65.0 cm³/mol. The molecule has 0 amide bonds. The normalized spacial score (nSPS) is 30.1. The highest BCUT2D eigenvalue weighted by Crippen LogP contribution is 2.38. The molecule has 0 radical (unpaired) electrons. The lowest BCUT2D eigenvalue weighted by Gasteiger charge is -2.44. The van der Waals surface area contributed by atoms with Crippen molar-refractivity contribution in [1.82, 2.24) is 5.32 Å². The van der Waals surface area contributed by atoms with Gasteiger partial charge in [0, 0.05) is 12.6 Å². The molecule has 0 aromatic carbocycles. The first-order chi connectivity index (χ1) is 8.11. The van der Waals surface area contributed by atoms with Gasteiger partial charge in [0.15, 0.2) is 0 Å². The van der Waals surface area contributed by atoms with Crippen molar-refractivity contribution in [3.63, 3.8) is 0 Å². The number of nitrogens with one attached hydrogen (secondary N) is 1. The maximum atomic E-state index is 10.8. The fourth-order valence-corrected chi connectivity index (χ4v) is 3.14. The van der Waals surface area contributed by atoms with Gasteiger partial charge in [-0.25, -0.2) is 0 Å². The number of hydrogen-bond acceptors (Lipinski definition) is 3. The maximum absolute atomic E-state index is 10.8. The van der Waals surface area contributed by atoms with Crippen molar-refractivity contribution in [2.75, 3.05) is 6.61 Å². The third kappa shape index (κ3) is 3.19. The van der Waals surface area contributed by atoms with Crippen LogP contribution in [0.15, 0.2) is 0 Å². The van der Waals surface area contributed by atoms with E-state index in [1.807, 2.05) is 0 Å². The molecule has 17 heavy (non-hydrogen) atoms. The third-order valence-corrected chi connectivity index (χ3v) is 4.11. The van der Waals surface area contributed by atoms with Crippen LogP contribution < -0.4 is 5.32 Å². The van der Waals surface area contributed by atoms with Crippen LogP contribution in [0.2, 0.25) is 0 Å². The quantitative estimate of drug-likeness (QED) is 0.792. The lowest BCUT2D eigenvalue weighted by molar-refractivity contribution is -0.141. The molecule has 0 aromatic heterocycles. The van der Waals surface area contributed by atoms with Gasteiger partial charge in [-0.05, 0) is 32.6 Å². The van der Waals surface area contributed by atoms with Crippen LogP contribution >= 0.6 is 0 Å². The van der Waals surface area contributed by atoms with Crippen LogP contribution in [-0.4, -0.2) is 35.4 Å². The zero-order valence-electron chi connectivity index (χ0n) is 10.6. The molecule has 2 N–H and O–H groups in total. The Morgan fingerprint density at radius 1 is 1.41 bits per heavy atom. The van der Waals surface area contributed by atoms with Gasteiger partial charge < -0.3 is 15.2 Å². The Balaban J connectivity index is 1.90. The van der Waals surface area contributed by atoms with Crippen molar-refractivity contribution >= 4 is 5.97 Å². The summed E-state index contributed by atoms with van der Waals surface area (Å²) < 4.78 is 5.99. The molecule has 0 bridgehead atoms. The molecule has 1 aliphatic carbocycles. The number of carboxylic acid groups (broad SMARTS) is 1. The molecule has 1 aliphatic heterocycles. The zero-order chi connectivity index (χ0) is 12.3. The Kier molecular flexibility index (Phi) is 4.05. The van der Waals surface area contributed by atoms with Crippen LogP contribution in [0.4, 0.5) is 0 Å². The minimum atomic E-state index is -0.769. The lowest BCUT2D eigenvalue weighted by atomic mass is 9.78. The highest BCUT2D eigenvalue weighted by Gasteiger charge is 2.38. The molecule has 4 heteroatoms. The number of carbonyl (C=O) groups is 1. The molecule has 2 aliphatic rings. The van der Waals surface area contributed by atoms with Gasteiger partial charge in [-0.1, -0.05) is 19.3 Å². The first-order valence-electron chi connectivity index (χ1n) is 6.74. The Bertz CT molecular complexity index is 268. The van der Waals surface area contributed by atoms with Gasteiger partial charge >= 0.3 is 5.97 Å². The average molecular weight is 241 g/mol. The van der Waals surface area contributed by atoms with E-state index in [0.29, 0.717) is 6.04 Å². The number of ether oxygens (including phenoxy) is 1. The van der Waals surface area contributed by atoms with E-state index in [0.717, 1.165) is 32.3 Å². The summed E-state index contributed by atoms with van der Waals surface area (Å²) in [5.74, 6) is -0.769. The van der Waals surface area contributed by atoms with Crippen molar-refractivity contribution < 1.29 is 14.6 Å². The van der Waals surface area contributed by atoms with Crippen molar-refractivity contribution in [3.8, 4) is 0 Å². The summed E-state index contributed by atoms with van der Waals surface area (Å²) in [7, 11) is 0. The largest absolute Gasteiger partial charge is 0.480 e. The molecule has 1 saturated carbocycles. The molecule has 2 fully saturated rings. The van der Waals surface area contributed by atoms with Gasteiger partial charge in [0.1, 0.15) is 6.04 Å². The van der Waals surface area contributed by atoms with Gasteiger partial charge in [-0.3, -0.25) is 4.79 Å². The first kappa shape index (κ1) is 12.8. The third-order valence-electron chi connectivity index (χ3n) is 4.11. The number of aliphatic carboxylic acids is 1. The monoisotopic (exact) mass is 241 g/mol. The molecule has 98 valence electrons. The molecule has 4 nitrogen and oxygen atoms in total. The molecule has 2 unspecified atom stereocenters. The molecule has 2 rings (SSSR count). The van der Waals surface area contributed by atoms with Gasteiger partial charge in [0.25, 0.3) is 0 Å². The molecule has 1 heterocycles. The zero-order valence-corrected chi connectivity index (χ0v) is 10.6. The van der Waals surface area contributed by atoms with Crippen LogP contribution in [-0.2, 0) is 9.53 Å². The second kappa shape index (κ2) is 5.36. The maximum Gasteiger partial charge on any atom is 0.320 e. The fourth-order valence-electron chi connectivity index (χ4n) is 3.14. The van der Waals surface area contributed by atoms with E-state index in [4.69, 9.17) is 9.84 Å². The molecule has 1 spiro atoms. The van der Waals surface area contributed by atoms with E-state index in [9.17, 15) is 4.79 Å². The second-order valence-electron chi connectivity index (χ2n) is 5.51. The first-order valence-corrected chi connectivity index (χ1v) is 6.74. The summed E-state index contributed by atoms with van der Waals surface area (Å²) in [4.78, 5) is 10.8. The van der Waals surface area contributed by atoms with Gasteiger partial charge in [-0.15, -0.1) is 0 Å². The van der Waals surface area contributed by atoms with E-state index in [2.05, 4.69) is 5.32 Å². The number of hydrogen-bond donors (Lipinski definition) is 2. The smallest absolute Gasteiger partial charge is 0.320 e. The van der Waals surface area contributed by atoms with E-state index in [1.54, 1.807) is 6.92 Å². The second-order valence-corrected chi connectivity index (χ2v) is 5.51. The topological polar surface area (TPSA) is 58.6 Å². The van der Waals surface area contributed by atoms with Crippen LogP contribution in [0.3, 0.4) is 0 Å². The van der Waals surface area contributed by atoms with E-state index >= 15 is 0 Å². The summed E-state index contributed by atoms with van der Waals surface area (Å²) in [5, 5.41) is 12.1. The Labute approximate surface area is 103 Å². The van der Waals surface area contributed by atoms with Crippen molar-refractivity contribution in [3.05, 3.63) is 0 Å². The standard InChI is InChI=1S/C13H23NO3/c1-10(12(15)16)14-11-5-8-17-13(9-11)6-3-2-4-7-13/h10-11,14H,2-9H2,1H3,(H,15,16). The molecular weight excluding hydrogens is 218 g/mol. The van der Waals surface area contributed by atoms with Crippen molar-refractivity contribution in [2.45, 2.75) is 69.6 Å². The van der Waals surface area contributed by atoms with Crippen LogP contribution in [0.25, 0.3) is 0 Å². The van der Waals surface area contributed by atoms with Gasteiger partial charge in [-0.2, -0.15) is 0 Å². The minimum absolute atomic E-state index is 0.0480. The lowest BCUT2D eigenvalue weighted by Crippen LogP contribution is -2.51. The molecular formula is C13H23NO3. The Morgan fingerprint density at radius 3 is 2.76 bits per heavy atom. The van der Waals surface area contributed by atoms with Crippen LogP contribution in [0.5, 0.6) is 0 Å². The van der Waals surface area contributed by atoms with Gasteiger partial charge in [0.05, 0.1) is 5.60 Å². The fraction of sp³-hybridized carbons (Fsp3) is 0.923. The minimum Gasteiger partial charge on any atom is -0.480 e. The summed E-state index contributed by atoms with van der Waals surface area (Å²) in [6.45, 7) is 2.48. The predicted octanol–water partition coefficient (Wildman–Crippen LogP) is 1.93. The van der Waals surface area contributed by atoms with Crippen molar-refractivity contribution in [1.29, 1.82) is 0 Å². The average Bonchev–Trinajstić information content (AvgIpc) is 2.30. The molecule has 2 atom stereocenters. The molecule has 0 aromatic rings. The van der Waals surface area contributed by atoms with E-state index in [1.165, 1.54) is 19.3 Å². The SMILES string of the molecule is CC(NC1CCOC2(CCCCC2)C1)C(=O)O. The summed E-state index contributed by atoms with van der Waals surface area (Å²) >= 11 is 0. The van der Waals surface area contributed by atoms with Crippen LogP contribution in [0, 0.1) is 0 Å². The Hall–Kier alpha value is -0.610. The Morgan fingerprint density at radius 2 is 2.12 bits per heavy atom. The highest BCUT2D eigenvalue weighted by atomic mass is 16.5. The highest BCUT2D eigenvalue weighted by molar-refractivity contribution is 5.72. The summed E-state index contributed by atoms with van der Waals surface area (Å²) in [6.07, 6.45) is 8.01. The van der Waals surface area contributed by atoms with E-state index in [-0.39, 0.29) is 5.60 Å². The number of carboxylic acids is 1. The van der Waals surface area contributed by atoms with Crippen LogP contribution in [0.1, 0.15) is 51.9 Å². The summed E-state index contributed by atoms with van der Waals surface area (Å²) in [5.41, 5.74) is 0.0480. The van der Waals surface area contributed by atoms with Crippen molar-refractivity contribution in [2.24, 2.45) is 0 Å². The number of rotatable bonds is 3. The van der Waals surface area contributed by atoms with Gasteiger partial charge in [0.2, 0.25) is 0 Å². The summed E-state index contributed by atoms with van der Waals surface area (Å²) in [6, 6.07) is -0.160. The molecule has 1 saturated heterocycles. The van der Waals surface area contributed by atoms with E-state index < -0.39 is 12.0 Å².